The molecule has 0 amide bonds. The Hall–Kier alpha value is -2.53. The first-order valence-electron chi connectivity index (χ1n) is 8.45. The Balaban J connectivity index is 2.26. The van der Waals surface area contributed by atoms with Gasteiger partial charge in [0.2, 0.25) is 11.5 Å². The van der Waals surface area contributed by atoms with E-state index in [1.165, 1.54) is 6.21 Å². The predicted molar refractivity (Wildman–Crippen MR) is 108 cm³/mol. The smallest absolute Gasteiger partial charge is 0.205 e. The molecular weight excluding hydrogens is 366 g/mol. The zero-order valence-electron chi connectivity index (χ0n) is 16.2. The molecule has 0 saturated carbocycles. The summed E-state index contributed by atoms with van der Waals surface area (Å²) in [5.41, 5.74) is 0.800. The molecule has 0 unspecified atom stereocenters. The number of hydrogen-bond acceptors (Lipinski definition) is 5. The van der Waals surface area contributed by atoms with Crippen molar-refractivity contribution < 1.29 is 19.0 Å². The molecule has 2 aromatic carbocycles. The molecule has 2 aromatic rings. The standard InChI is InChI=1S/C21H24ClNO4/c1-21(2,23-13-17(24)15-8-6-7-9-16(15)22)12-14-10-11-18(25-3)20(27-5)19(14)26-4/h6-11,13H,12H2,1-5H3/b23-13+. The third-order valence-corrected chi connectivity index (χ3v) is 4.41. The summed E-state index contributed by atoms with van der Waals surface area (Å²) in [5.74, 6) is 1.49. The lowest BCUT2D eigenvalue weighted by Crippen LogP contribution is -2.22. The van der Waals surface area contributed by atoms with E-state index in [0.29, 0.717) is 34.3 Å². The summed E-state index contributed by atoms with van der Waals surface area (Å²) in [6.07, 6.45) is 1.87. The van der Waals surface area contributed by atoms with Crippen molar-refractivity contribution in [3.63, 3.8) is 0 Å². The average Bonchev–Trinajstić information content (AvgIpc) is 2.65. The number of ether oxygens (including phenoxy) is 3. The number of methoxy groups -OCH3 is 3. The lowest BCUT2D eigenvalue weighted by molar-refractivity contribution is 0.107. The maximum absolute atomic E-state index is 12.4. The Labute approximate surface area is 164 Å². The summed E-state index contributed by atoms with van der Waals surface area (Å²) >= 11 is 6.08. The van der Waals surface area contributed by atoms with E-state index >= 15 is 0 Å². The molecule has 0 aliphatic heterocycles. The van der Waals surface area contributed by atoms with Gasteiger partial charge in [0, 0.05) is 17.5 Å². The highest BCUT2D eigenvalue weighted by Gasteiger charge is 2.23. The summed E-state index contributed by atoms with van der Waals surface area (Å²) in [4.78, 5) is 16.9. The third-order valence-electron chi connectivity index (χ3n) is 4.08. The molecule has 0 N–H and O–H groups in total. The van der Waals surface area contributed by atoms with Crippen LogP contribution < -0.4 is 14.2 Å². The maximum Gasteiger partial charge on any atom is 0.205 e. The number of benzene rings is 2. The van der Waals surface area contributed by atoms with E-state index in [0.717, 1.165) is 5.56 Å². The topological polar surface area (TPSA) is 57.1 Å². The fourth-order valence-electron chi connectivity index (χ4n) is 2.78. The van der Waals surface area contributed by atoms with Gasteiger partial charge in [-0.15, -0.1) is 0 Å². The fraction of sp³-hybridized carbons (Fsp3) is 0.333. The van der Waals surface area contributed by atoms with Crippen LogP contribution in [-0.2, 0) is 6.42 Å². The number of carbonyl (C=O) groups excluding carboxylic acids is 1. The molecule has 0 spiro atoms. The van der Waals surface area contributed by atoms with E-state index in [9.17, 15) is 4.79 Å². The molecular formula is C21H24ClNO4. The van der Waals surface area contributed by atoms with Gasteiger partial charge in [-0.2, -0.15) is 0 Å². The van der Waals surface area contributed by atoms with Crippen LogP contribution in [0.1, 0.15) is 29.8 Å². The highest BCUT2D eigenvalue weighted by Crippen LogP contribution is 2.41. The molecule has 0 aliphatic carbocycles. The van der Waals surface area contributed by atoms with Crippen molar-refractivity contribution in [1.29, 1.82) is 0 Å². The Morgan fingerprint density at radius 3 is 2.30 bits per heavy atom. The molecule has 2 rings (SSSR count). The van der Waals surface area contributed by atoms with E-state index in [-0.39, 0.29) is 5.78 Å². The predicted octanol–water partition coefficient (Wildman–Crippen LogP) is 4.64. The van der Waals surface area contributed by atoms with Crippen molar-refractivity contribution in [2.45, 2.75) is 25.8 Å². The van der Waals surface area contributed by atoms with Crippen molar-refractivity contribution in [2.24, 2.45) is 4.99 Å². The number of aliphatic imine (C=N–C) groups is 1. The normalized spacial score (nSPS) is 11.5. The molecule has 0 aromatic heterocycles. The van der Waals surface area contributed by atoms with Crippen LogP contribution in [0.15, 0.2) is 41.4 Å². The zero-order valence-corrected chi connectivity index (χ0v) is 17.0. The van der Waals surface area contributed by atoms with Gasteiger partial charge in [0.15, 0.2) is 11.5 Å². The summed E-state index contributed by atoms with van der Waals surface area (Å²) in [6.45, 7) is 3.89. The van der Waals surface area contributed by atoms with Gasteiger partial charge in [0.1, 0.15) is 0 Å². The minimum atomic E-state index is -0.538. The molecule has 0 heterocycles. The van der Waals surface area contributed by atoms with Gasteiger partial charge in [-0.3, -0.25) is 9.79 Å². The van der Waals surface area contributed by atoms with E-state index in [4.69, 9.17) is 25.8 Å². The number of Topliss-reactive ketones (excluding diaryl/α,β-unsaturated/α-hetero) is 1. The van der Waals surface area contributed by atoms with Crippen molar-refractivity contribution in [3.05, 3.63) is 52.5 Å². The minimum absolute atomic E-state index is 0.229. The van der Waals surface area contributed by atoms with Crippen LogP contribution in [-0.4, -0.2) is 38.9 Å². The molecule has 0 saturated heterocycles. The van der Waals surface area contributed by atoms with Gasteiger partial charge in [0.25, 0.3) is 0 Å². The molecule has 6 heteroatoms. The zero-order chi connectivity index (χ0) is 20.0. The molecule has 5 nitrogen and oxygen atoms in total. The van der Waals surface area contributed by atoms with Crippen molar-refractivity contribution >= 4 is 23.6 Å². The molecule has 144 valence electrons. The van der Waals surface area contributed by atoms with Crippen LogP contribution in [0.3, 0.4) is 0 Å². The van der Waals surface area contributed by atoms with Crippen LogP contribution in [0.25, 0.3) is 0 Å². The Morgan fingerprint density at radius 2 is 1.70 bits per heavy atom. The highest BCUT2D eigenvalue weighted by molar-refractivity contribution is 6.42. The van der Waals surface area contributed by atoms with Crippen molar-refractivity contribution in [3.8, 4) is 17.2 Å². The van der Waals surface area contributed by atoms with Crippen LogP contribution in [0.4, 0.5) is 0 Å². The molecule has 27 heavy (non-hydrogen) atoms. The summed E-state index contributed by atoms with van der Waals surface area (Å²) in [5, 5.41) is 0.410. The first-order chi connectivity index (χ1) is 12.8. The third kappa shape index (κ3) is 5.01. The number of hydrogen-bond donors (Lipinski definition) is 0. The second kappa shape index (κ2) is 8.91. The molecule has 0 atom stereocenters. The lowest BCUT2D eigenvalue weighted by Gasteiger charge is -2.22. The van der Waals surface area contributed by atoms with Gasteiger partial charge < -0.3 is 14.2 Å². The van der Waals surface area contributed by atoms with Gasteiger partial charge in [-0.25, -0.2) is 0 Å². The number of halogens is 1. The SMILES string of the molecule is COc1ccc(CC(C)(C)/N=C/C(=O)c2ccccc2Cl)c(OC)c1OC. The summed E-state index contributed by atoms with van der Waals surface area (Å²) < 4.78 is 16.3. The van der Waals surface area contributed by atoms with Gasteiger partial charge in [-0.05, 0) is 32.0 Å². The fourth-order valence-corrected chi connectivity index (χ4v) is 3.01. The maximum atomic E-state index is 12.4. The molecule has 0 aliphatic rings. The monoisotopic (exact) mass is 389 g/mol. The van der Waals surface area contributed by atoms with E-state index in [2.05, 4.69) is 4.99 Å². The average molecular weight is 390 g/mol. The minimum Gasteiger partial charge on any atom is -0.493 e. The van der Waals surface area contributed by atoms with E-state index in [1.807, 2.05) is 26.0 Å². The quantitative estimate of drug-likeness (QED) is 0.487. The first kappa shape index (κ1) is 20.8. The molecule has 0 fully saturated rings. The van der Waals surface area contributed by atoms with Crippen LogP contribution >= 0.6 is 11.6 Å². The second-order valence-corrected chi connectivity index (χ2v) is 6.99. The molecule has 0 radical (unpaired) electrons. The van der Waals surface area contributed by atoms with Crippen LogP contribution in [0.2, 0.25) is 5.02 Å². The van der Waals surface area contributed by atoms with Gasteiger partial charge in [-0.1, -0.05) is 29.8 Å². The Morgan fingerprint density at radius 1 is 1.04 bits per heavy atom. The van der Waals surface area contributed by atoms with Crippen molar-refractivity contribution in [1.82, 2.24) is 0 Å². The second-order valence-electron chi connectivity index (χ2n) is 6.58. The number of rotatable bonds is 8. The largest absolute Gasteiger partial charge is 0.493 e. The van der Waals surface area contributed by atoms with Gasteiger partial charge >= 0.3 is 0 Å². The first-order valence-corrected chi connectivity index (χ1v) is 8.82. The van der Waals surface area contributed by atoms with Gasteiger partial charge in [0.05, 0.1) is 38.1 Å². The summed E-state index contributed by atoms with van der Waals surface area (Å²) in [7, 11) is 4.72. The summed E-state index contributed by atoms with van der Waals surface area (Å²) in [6, 6.07) is 10.7. The highest BCUT2D eigenvalue weighted by atomic mass is 35.5. The van der Waals surface area contributed by atoms with Crippen LogP contribution in [0.5, 0.6) is 17.2 Å². The Bertz CT molecular complexity index is 846. The number of ketones is 1. The number of nitrogens with zero attached hydrogens (tertiary/aromatic N) is 1. The van der Waals surface area contributed by atoms with E-state index < -0.39 is 5.54 Å². The van der Waals surface area contributed by atoms with Crippen molar-refractivity contribution in [2.75, 3.05) is 21.3 Å². The molecule has 0 bridgehead atoms. The van der Waals surface area contributed by atoms with Crippen LogP contribution in [0, 0.1) is 0 Å². The van der Waals surface area contributed by atoms with E-state index in [1.54, 1.807) is 45.6 Å². The lowest BCUT2D eigenvalue weighted by atomic mass is 9.94. The Kier molecular flexibility index (Phi) is 6.86. The number of carbonyl (C=O) groups is 1.